The van der Waals surface area contributed by atoms with Crippen molar-refractivity contribution in [2.75, 3.05) is 27.2 Å². The Kier molecular flexibility index (Phi) is 8.86. The molecule has 0 saturated carbocycles. The van der Waals surface area contributed by atoms with Crippen molar-refractivity contribution in [3.8, 4) is 0 Å². The Labute approximate surface area is 156 Å². The fourth-order valence-corrected chi connectivity index (χ4v) is 2.90. The number of nitrogens with one attached hydrogen (secondary N) is 2. The van der Waals surface area contributed by atoms with Gasteiger partial charge in [0.25, 0.3) is 0 Å². The molecule has 0 aromatic heterocycles. The maximum atomic E-state index is 5.78. The van der Waals surface area contributed by atoms with Gasteiger partial charge in [-0.1, -0.05) is 24.3 Å². The number of guanidine groups is 1. The van der Waals surface area contributed by atoms with Crippen molar-refractivity contribution in [1.29, 1.82) is 0 Å². The predicted octanol–water partition coefficient (Wildman–Crippen LogP) is 2.21. The Balaban J connectivity index is 0.00000264. The molecule has 1 aliphatic heterocycles. The van der Waals surface area contributed by atoms with Crippen molar-refractivity contribution in [2.45, 2.75) is 39.1 Å². The van der Waals surface area contributed by atoms with Crippen LogP contribution in [-0.2, 0) is 17.8 Å². The summed E-state index contributed by atoms with van der Waals surface area (Å²) in [5, 5.41) is 6.28. The molecule has 130 valence electrons. The molecular weight excluding hydrogens is 403 g/mol. The van der Waals surface area contributed by atoms with Crippen LogP contribution >= 0.6 is 24.0 Å². The van der Waals surface area contributed by atoms with Crippen molar-refractivity contribution in [1.82, 2.24) is 15.5 Å². The van der Waals surface area contributed by atoms with Gasteiger partial charge < -0.3 is 15.4 Å². The summed E-state index contributed by atoms with van der Waals surface area (Å²) in [7, 11) is 3.63. The highest BCUT2D eigenvalue weighted by molar-refractivity contribution is 14.0. The van der Waals surface area contributed by atoms with Gasteiger partial charge in [0.2, 0.25) is 0 Å². The zero-order valence-electron chi connectivity index (χ0n) is 14.5. The number of ether oxygens (including phenoxy) is 1. The number of hydrogen-bond donors (Lipinski definition) is 2. The average molecular weight is 432 g/mol. The normalized spacial score (nSPS) is 22.3. The van der Waals surface area contributed by atoms with Gasteiger partial charge in [-0.25, -0.2) is 0 Å². The van der Waals surface area contributed by atoms with E-state index in [1.165, 1.54) is 11.1 Å². The van der Waals surface area contributed by atoms with Gasteiger partial charge in [0.15, 0.2) is 5.96 Å². The molecule has 0 spiro atoms. The standard InChI is InChI=1S/C17H28N4O.HI/c1-13-10-21(11-14(2)22-13)12-16-7-5-15(6-8-16)9-20-17(18-3)19-4;/h5-8,13-14H,9-12H2,1-4H3,(H2,18,19,20);1H. The van der Waals surface area contributed by atoms with Crippen molar-refractivity contribution >= 4 is 29.9 Å². The first-order chi connectivity index (χ1) is 10.6. The summed E-state index contributed by atoms with van der Waals surface area (Å²) in [4.78, 5) is 6.57. The Morgan fingerprint density at radius 3 is 2.26 bits per heavy atom. The summed E-state index contributed by atoms with van der Waals surface area (Å²) in [6.07, 6.45) is 0.640. The predicted molar refractivity (Wildman–Crippen MR) is 106 cm³/mol. The molecule has 0 aliphatic carbocycles. The molecule has 1 aromatic carbocycles. The minimum atomic E-state index is 0. The van der Waals surface area contributed by atoms with E-state index in [-0.39, 0.29) is 24.0 Å². The molecule has 2 rings (SSSR count). The van der Waals surface area contributed by atoms with Gasteiger partial charge in [-0.15, -0.1) is 24.0 Å². The fourth-order valence-electron chi connectivity index (χ4n) is 2.90. The van der Waals surface area contributed by atoms with Crippen molar-refractivity contribution in [3.05, 3.63) is 35.4 Å². The topological polar surface area (TPSA) is 48.9 Å². The average Bonchev–Trinajstić information content (AvgIpc) is 2.49. The highest BCUT2D eigenvalue weighted by Crippen LogP contribution is 2.14. The molecule has 2 unspecified atom stereocenters. The van der Waals surface area contributed by atoms with Crippen LogP contribution in [0.5, 0.6) is 0 Å². The fraction of sp³-hybridized carbons (Fsp3) is 0.588. The molecule has 1 aliphatic rings. The van der Waals surface area contributed by atoms with Gasteiger partial charge in [-0.3, -0.25) is 9.89 Å². The number of halogens is 1. The molecule has 23 heavy (non-hydrogen) atoms. The van der Waals surface area contributed by atoms with Gasteiger partial charge in [0.05, 0.1) is 12.2 Å². The molecule has 2 atom stereocenters. The highest BCUT2D eigenvalue weighted by Gasteiger charge is 2.21. The van der Waals surface area contributed by atoms with Crippen LogP contribution < -0.4 is 10.6 Å². The molecule has 0 amide bonds. The number of benzene rings is 1. The number of morpholine rings is 1. The second-order valence-electron chi connectivity index (χ2n) is 5.94. The Hall–Kier alpha value is -0.860. The summed E-state index contributed by atoms with van der Waals surface area (Å²) in [6, 6.07) is 8.78. The van der Waals surface area contributed by atoms with Crippen LogP contribution in [-0.4, -0.2) is 50.3 Å². The number of nitrogens with zero attached hydrogens (tertiary/aromatic N) is 2. The minimum Gasteiger partial charge on any atom is -0.373 e. The van der Waals surface area contributed by atoms with E-state index in [2.05, 4.69) is 58.6 Å². The summed E-state index contributed by atoms with van der Waals surface area (Å²) >= 11 is 0. The summed E-state index contributed by atoms with van der Waals surface area (Å²) in [5.41, 5.74) is 2.60. The first-order valence-electron chi connectivity index (χ1n) is 7.94. The van der Waals surface area contributed by atoms with Crippen LogP contribution in [0.25, 0.3) is 0 Å². The highest BCUT2D eigenvalue weighted by atomic mass is 127. The van der Waals surface area contributed by atoms with Crippen molar-refractivity contribution in [2.24, 2.45) is 4.99 Å². The third-order valence-electron chi connectivity index (χ3n) is 3.84. The zero-order chi connectivity index (χ0) is 15.9. The van der Waals surface area contributed by atoms with Gasteiger partial charge >= 0.3 is 0 Å². The monoisotopic (exact) mass is 432 g/mol. The SMILES string of the molecule is CN=C(NC)NCc1ccc(CN2CC(C)OC(C)C2)cc1.I. The minimum absolute atomic E-state index is 0. The Bertz CT molecular complexity index is 482. The van der Waals surface area contributed by atoms with Crippen molar-refractivity contribution in [3.63, 3.8) is 0 Å². The van der Waals surface area contributed by atoms with E-state index < -0.39 is 0 Å². The second kappa shape index (κ2) is 10.1. The molecule has 0 bridgehead atoms. The lowest BCUT2D eigenvalue weighted by Gasteiger charge is -2.35. The molecule has 1 fully saturated rings. The van der Waals surface area contributed by atoms with Crippen LogP contribution in [0, 0.1) is 0 Å². The quantitative estimate of drug-likeness (QED) is 0.435. The molecular formula is C17H29IN4O. The van der Waals surface area contributed by atoms with Crippen molar-refractivity contribution < 1.29 is 4.74 Å². The van der Waals surface area contributed by atoms with E-state index in [0.29, 0.717) is 12.2 Å². The molecule has 6 heteroatoms. The number of rotatable bonds is 4. The van der Waals surface area contributed by atoms with Gasteiger partial charge in [-0.05, 0) is 25.0 Å². The van der Waals surface area contributed by atoms with Crippen LogP contribution in [0.15, 0.2) is 29.3 Å². The Morgan fingerprint density at radius 1 is 1.17 bits per heavy atom. The summed E-state index contributed by atoms with van der Waals surface area (Å²) in [5.74, 6) is 0.806. The molecule has 1 aromatic rings. The molecule has 2 N–H and O–H groups in total. The van der Waals surface area contributed by atoms with Crippen LogP contribution in [0.4, 0.5) is 0 Å². The first-order valence-corrected chi connectivity index (χ1v) is 7.94. The second-order valence-corrected chi connectivity index (χ2v) is 5.94. The smallest absolute Gasteiger partial charge is 0.190 e. The Morgan fingerprint density at radius 2 is 1.74 bits per heavy atom. The largest absolute Gasteiger partial charge is 0.373 e. The van der Waals surface area contributed by atoms with E-state index >= 15 is 0 Å². The number of hydrogen-bond acceptors (Lipinski definition) is 3. The lowest BCUT2D eigenvalue weighted by atomic mass is 10.1. The first kappa shape index (κ1) is 20.2. The molecule has 0 radical (unpaired) electrons. The molecule has 1 saturated heterocycles. The zero-order valence-corrected chi connectivity index (χ0v) is 16.8. The summed E-state index contributed by atoms with van der Waals surface area (Å²) < 4.78 is 5.78. The molecule has 5 nitrogen and oxygen atoms in total. The van der Waals surface area contributed by atoms with Gasteiger partial charge in [-0.2, -0.15) is 0 Å². The third-order valence-corrected chi connectivity index (χ3v) is 3.84. The molecule has 1 heterocycles. The van der Waals surface area contributed by atoms with E-state index in [1.807, 2.05) is 7.05 Å². The van der Waals surface area contributed by atoms with E-state index in [1.54, 1.807) is 7.05 Å². The maximum Gasteiger partial charge on any atom is 0.190 e. The van der Waals surface area contributed by atoms with E-state index in [9.17, 15) is 0 Å². The lowest BCUT2D eigenvalue weighted by Crippen LogP contribution is -2.44. The lowest BCUT2D eigenvalue weighted by molar-refractivity contribution is -0.0704. The van der Waals surface area contributed by atoms with Gasteiger partial charge in [0.1, 0.15) is 0 Å². The number of aliphatic imine (C=N–C) groups is 1. The third kappa shape index (κ3) is 6.64. The van der Waals surface area contributed by atoms with Crippen LogP contribution in [0.1, 0.15) is 25.0 Å². The maximum absolute atomic E-state index is 5.78. The van der Waals surface area contributed by atoms with E-state index in [4.69, 9.17) is 4.74 Å². The summed E-state index contributed by atoms with van der Waals surface area (Å²) in [6.45, 7) is 8.07. The van der Waals surface area contributed by atoms with Gasteiger partial charge in [0, 0.05) is 40.3 Å². The van der Waals surface area contributed by atoms with E-state index in [0.717, 1.165) is 32.1 Å². The van der Waals surface area contributed by atoms with Crippen LogP contribution in [0.3, 0.4) is 0 Å². The van der Waals surface area contributed by atoms with Crippen LogP contribution in [0.2, 0.25) is 0 Å².